The van der Waals surface area contributed by atoms with Crippen LogP contribution in [0.1, 0.15) is 0 Å². The van der Waals surface area contributed by atoms with E-state index in [1.165, 1.54) is 54.9 Å². The van der Waals surface area contributed by atoms with E-state index in [9.17, 15) is 0 Å². The molecule has 4 nitrogen and oxygen atoms in total. The fraction of sp³-hybridized carbons (Fsp3) is 0. The maximum atomic E-state index is 5.06. The summed E-state index contributed by atoms with van der Waals surface area (Å²) >= 11 is 0. The highest BCUT2D eigenvalue weighted by Crippen LogP contribution is 2.50. The second-order valence-corrected chi connectivity index (χ2v) is 13.6. The average Bonchev–Trinajstić information content (AvgIpc) is 3.52. The number of hydrogen-bond acceptors (Lipinski definition) is 3. The predicted molar refractivity (Wildman–Crippen MR) is 218 cm³/mol. The molecule has 0 amide bonds. The molecule has 4 heteroatoms. The van der Waals surface area contributed by atoms with Crippen molar-refractivity contribution in [2.75, 3.05) is 0 Å². The Bertz CT molecular complexity index is 2990. The SMILES string of the molecule is c1ccc(-c2nc(-c3ccccc3)nc(-c3cccc(-n4c5ccccc5c5c6cccc7c6c(cc54)-c4ccccc4-c4ccccc4-7)c3)n2)cc1. The summed E-state index contributed by atoms with van der Waals surface area (Å²) in [6.07, 6.45) is 0. The van der Waals surface area contributed by atoms with Crippen LogP contribution in [0, 0.1) is 0 Å². The third kappa shape index (κ3) is 4.59. The number of nitrogens with zero attached hydrogens (tertiary/aromatic N) is 4. The Morgan fingerprint density at radius 1 is 0.302 bits per heavy atom. The summed E-state index contributed by atoms with van der Waals surface area (Å²) in [6, 6.07) is 64.5. The van der Waals surface area contributed by atoms with Crippen LogP contribution in [0.25, 0.3) is 106 Å². The van der Waals surface area contributed by atoms with Gasteiger partial charge in [-0.15, -0.1) is 0 Å². The molecule has 0 saturated carbocycles. The van der Waals surface area contributed by atoms with Gasteiger partial charge in [0.05, 0.1) is 11.0 Å². The molecule has 0 saturated heterocycles. The minimum Gasteiger partial charge on any atom is -0.309 e. The standard InChI is InChI=1S/C49H30N4/c1-3-15-31(16-4-1)47-50-48(32-17-5-2-6-18-32)52-49(51-47)33-19-13-20-34(29-33)53-43-28-12-11-25-40(43)46-41-27-14-26-39-37-23-9-7-21-35(37)36-22-8-10-24-38(36)42(45(39)41)30-44(46)53/h1-30H. The van der Waals surface area contributed by atoms with Crippen LogP contribution in [-0.4, -0.2) is 19.5 Å². The normalized spacial score (nSPS) is 11.8. The van der Waals surface area contributed by atoms with E-state index in [4.69, 9.17) is 15.0 Å². The fourth-order valence-corrected chi connectivity index (χ4v) is 8.28. The summed E-state index contributed by atoms with van der Waals surface area (Å²) in [7, 11) is 0. The topological polar surface area (TPSA) is 43.6 Å². The van der Waals surface area contributed by atoms with Gasteiger partial charge in [0, 0.05) is 33.2 Å². The number of hydrogen-bond donors (Lipinski definition) is 0. The lowest BCUT2D eigenvalue weighted by Gasteiger charge is -2.14. The summed E-state index contributed by atoms with van der Waals surface area (Å²) in [6.45, 7) is 0. The molecule has 2 aromatic heterocycles. The second-order valence-electron chi connectivity index (χ2n) is 13.6. The van der Waals surface area contributed by atoms with Crippen LogP contribution in [0.4, 0.5) is 0 Å². The molecular weight excluding hydrogens is 645 g/mol. The number of aromatic nitrogens is 4. The minimum absolute atomic E-state index is 0.633. The van der Waals surface area contributed by atoms with Crippen molar-refractivity contribution in [3.8, 4) is 73.2 Å². The van der Waals surface area contributed by atoms with Crippen molar-refractivity contribution in [3.63, 3.8) is 0 Å². The zero-order valence-electron chi connectivity index (χ0n) is 28.6. The molecule has 2 heterocycles. The molecule has 0 fully saturated rings. The summed E-state index contributed by atoms with van der Waals surface area (Å²) in [4.78, 5) is 15.0. The first kappa shape index (κ1) is 29.5. The fourth-order valence-electron chi connectivity index (χ4n) is 8.28. The lowest BCUT2D eigenvalue weighted by atomic mass is 9.91. The van der Waals surface area contributed by atoms with Crippen molar-refractivity contribution in [1.82, 2.24) is 19.5 Å². The molecule has 0 N–H and O–H groups in total. The van der Waals surface area contributed by atoms with Crippen molar-refractivity contribution >= 4 is 32.6 Å². The third-order valence-electron chi connectivity index (χ3n) is 10.6. The molecule has 10 aromatic rings. The highest BCUT2D eigenvalue weighted by atomic mass is 15.0. The molecule has 0 atom stereocenters. The Balaban J connectivity index is 1.19. The third-order valence-corrected chi connectivity index (χ3v) is 10.6. The van der Waals surface area contributed by atoms with E-state index in [0.29, 0.717) is 17.5 Å². The number of fused-ring (bicyclic) bond motifs is 9. The van der Waals surface area contributed by atoms with Crippen LogP contribution < -0.4 is 0 Å². The average molecular weight is 675 g/mol. The number of rotatable bonds is 4. The summed E-state index contributed by atoms with van der Waals surface area (Å²) in [5.41, 5.74) is 13.7. The van der Waals surface area contributed by atoms with Gasteiger partial charge in [-0.2, -0.15) is 0 Å². The van der Waals surface area contributed by atoms with Crippen molar-refractivity contribution in [2.24, 2.45) is 0 Å². The van der Waals surface area contributed by atoms with Crippen LogP contribution in [0.15, 0.2) is 182 Å². The molecular formula is C49H30N4. The van der Waals surface area contributed by atoms with E-state index >= 15 is 0 Å². The maximum Gasteiger partial charge on any atom is 0.164 e. The van der Waals surface area contributed by atoms with Gasteiger partial charge in [-0.3, -0.25) is 0 Å². The Hall–Kier alpha value is -7.17. The van der Waals surface area contributed by atoms with E-state index in [-0.39, 0.29) is 0 Å². The summed E-state index contributed by atoms with van der Waals surface area (Å²) < 4.78 is 2.41. The molecule has 1 aliphatic carbocycles. The Labute approximate surface area is 306 Å². The summed E-state index contributed by atoms with van der Waals surface area (Å²) in [5.74, 6) is 1.93. The lowest BCUT2D eigenvalue weighted by Crippen LogP contribution is -2.01. The van der Waals surface area contributed by atoms with E-state index in [1.54, 1.807) is 0 Å². The van der Waals surface area contributed by atoms with Gasteiger partial charge in [-0.25, -0.2) is 15.0 Å². The van der Waals surface area contributed by atoms with Crippen LogP contribution >= 0.6 is 0 Å². The van der Waals surface area contributed by atoms with E-state index in [2.05, 4.69) is 126 Å². The van der Waals surface area contributed by atoms with E-state index < -0.39 is 0 Å². The number of para-hydroxylation sites is 1. The minimum atomic E-state index is 0.633. The smallest absolute Gasteiger partial charge is 0.164 e. The van der Waals surface area contributed by atoms with Gasteiger partial charge >= 0.3 is 0 Å². The van der Waals surface area contributed by atoms with Crippen LogP contribution in [0.2, 0.25) is 0 Å². The quantitative estimate of drug-likeness (QED) is 0.187. The molecule has 0 unspecified atom stereocenters. The monoisotopic (exact) mass is 674 g/mol. The first-order chi connectivity index (χ1) is 26.3. The zero-order chi connectivity index (χ0) is 34.9. The molecule has 53 heavy (non-hydrogen) atoms. The number of benzene rings is 8. The Kier molecular flexibility index (Phi) is 6.52. The van der Waals surface area contributed by atoms with Crippen molar-refractivity contribution in [1.29, 1.82) is 0 Å². The molecule has 8 aromatic carbocycles. The van der Waals surface area contributed by atoms with Crippen LogP contribution in [0.5, 0.6) is 0 Å². The molecule has 0 spiro atoms. The van der Waals surface area contributed by atoms with Crippen molar-refractivity contribution < 1.29 is 0 Å². The van der Waals surface area contributed by atoms with Crippen LogP contribution in [-0.2, 0) is 0 Å². The molecule has 0 bridgehead atoms. The van der Waals surface area contributed by atoms with E-state index in [1.807, 2.05) is 60.7 Å². The molecule has 246 valence electrons. The van der Waals surface area contributed by atoms with Gasteiger partial charge in [0.15, 0.2) is 17.5 Å². The van der Waals surface area contributed by atoms with Gasteiger partial charge < -0.3 is 4.57 Å². The predicted octanol–water partition coefficient (Wildman–Crippen LogP) is 12.4. The zero-order valence-corrected chi connectivity index (χ0v) is 28.6. The van der Waals surface area contributed by atoms with E-state index in [0.717, 1.165) is 33.4 Å². The summed E-state index contributed by atoms with van der Waals surface area (Å²) in [5, 5.41) is 5.02. The first-order valence-corrected chi connectivity index (χ1v) is 18.0. The van der Waals surface area contributed by atoms with Gasteiger partial charge in [-0.1, -0.05) is 158 Å². The highest BCUT2D eigenvalue weighted by Gasteiger charge is 2.25. The van der Waals surface area contributed by atoms with Crippen molar-refractivity contribution in [2.45, 2.75) is 0 Å². The molecule has 0 radical (unpaired) electrons. The highest BCUT2D eigenvalue weighted by molar-refractivity contribution is 6.28. The Morgan fingerprint density at radius 3 is 1.43 bits per heavy atom. The lowest BCUT2D eigenvalue weighted by molar-refractivity contribution is 1.07. The second kappa shape index (κ2) is 11.7. The van der Waals surface area contributed by atoms with Crippen molar-refractivity contribution in [3.05, 3.63) is 182 Å². The molecule has 0 aliphatic heterocycles. The van der Waals surface area contributed by atoms with Crippen LogP contribution in [0.3, 0.4) is 0 Å². The Morgan fingerprint density at radius 2 is 0.774 bits per heavy atom. The largest absolute Gasteiger partial charge is 0.309 e. The van der Waals surface area contributed by atoms with Gasteiger partial charge in [-0.05, 0) is 68.4 Å². The van der Waals surface area contributed by atoms with Gasteiger partial charge in [0.2, 0.25) is 0 Å². The molecule has 1 aliphatic rings. The van der Waals surface area contributed by atoms with Gasteiger partial charge in [0.25, 0.3) is 0 Å². The van der Waals surface area contributed by atoms with Gasteiger partial charge in [0.1, 0.15) is 0 Å². The first-order valence-electron chi connectivity index (χ1n) is 18.0. The molecule has 11 rings (SSSR count). The maximum absolute atomic E-state index is 5.06.